The maximum Gasteiger partial charge on any atom is 0.270 e. The molecule has 1 N–H and O–H groups in total. The summed E-state index contributed by atoms with van der Waals surface area (Å²) in [7, 11) is 1.41. The summed E-state index contributed by atoms with van der Waals surface area (Å²) >= 11 is 5.82. The van der Waals surface area contributed by atoms with Gasteiger partial charge in [0.1, 0.15) is 23.0 Å². The molecule has 5 nitrogen and oxygen atoms in total. The van der Waals surface area contributed by atoms with Crippen LogP contribution in [0.5, 0.6) is 5.75 Å². The Kier molecular flexibility index (Phi) is 5.98. The predicted octanol–water partition coefficient (Wildman–Crippen LogP) is 3.91. The normalized spacial score (nSPS) is 14.9. The number of amides is 1. The number of pyridine rings is 1. The fraction of sp³-hybridized carbons (Fsp3) is 0.381. The summed E-state index contributed by atoms with van der Waals surface area (Å²) in [4.78, 5) is 29.0. The van der Waals surface area contributed by atoms with Gasteiger partial charge < -0.3 is 10.1 Å². The molecule has 28 heavy (non-hydrogen) atoms. The van der Waals surface area contributed by atoms with Gasteiger partial charge in [-0.15, -0.1) is 0 Å². The summed E-state index contributed by atoms with van der Waals surface area (Å²) in [5, 5.41) is 2.94. The monoisotopic (exact) mass is 404 g/mol. The lowest BCUT2D eigenvalue weighted by molar-refractivity contribution is -0.117. The Morgan fingerprint density at radius 2 is 2.04 bits per heavy atom. The first-order valence-corrected chi connectivity index (χ1v) is 9.48. The van der Waals surface area contributed by atoms with Crippen molar-refractivity contribution in [1.29, 1.82) is 0 Å². The van der Waals surface area contributed by atoms with E-state index in [-0.39, 0.29) is 40.8 Å². The molecular formula is C21H22ClFN2O3. The van der Waals surface area contributed by atoms with Crippen LogP contribution < -0.4 is 10.1 Å². The maximum atomic E-state index is 13.6. The molecule has 0 aliphatic heterocycles. The van der Waals surface area contributed by atoms with Crippen LogP contribution in [-0.4, -0.2) is 29.3 Å². The van der Waals surface area contributed by atoms with Crippen LogP contribution in [0.15, 0.2) is 30.5 Å². The SMILES string of the molecule is COc1cc(F)c(Cl)cc1CC(=O)Cc1ccnc(C(=O)NC2(C)CCC2)c1. The summed E-state index contributed by atoms with van der Waals surface area (Å²) < 4.78 is 18.7. The molecule has 0 saturated heterocycles. The minimum atomic E-state index is -0.598. The van der Waals surface area contributed by atoms with Crippen molar-refractivity contribution in [3.8, 4) is 5.75 Å². The van der Waals surface area contributed by atoms with E-state index in [2.05, 4.69) is 10.3 Å². The second kappa shape index (κ2) is 8.27. The van der Waals surface area contributed by atoms with Crippen LogP contribution in [0.1, 0.15) is 47.8 Å². The number of ketones is 1. The van der Waals surface area contributed by atoms with E-state index in [0.29, 0.717) is 16.8 Å². The second-order valence-electron chi connectivity index (χ2n) is 7.39. The minimum Gasteiger partial charge on any atom is -0.496 e. The van der Waals surface area contributed by atoms with Gasteiger partial charge in [0, 0.05) is 36.2 Å². The van der Waals surface area contributed by atoms with E-state index in [1.165, 1.54) is 25.4 Å². The van der Waals surface area contributed by atoms with Crippen molar-refractivity contribution < 1.29 is 18.7 Å². The van der Waals surface area contributed by atoms with Crippen LogP contribution in [0.3, 0.4) is 0 Å². The van der Waals surface area contributed by atoms with E-state index in [0.717, 1.165) is 19.3 Å². The van der Waals surface area contributed by atoms with Gasteiger partial charge in [-0.25, -0.2) is 4.39 Å². The molecule has 1 aliphatic carbocycles. The number of ether oxygens (including phenoxy) is 1. The first kappa shape index (κ1) is 20.3. The molecule has 1 heterocycles. The summed E-state index contributed by atoms with van der Waals surface area (Å²) in [6.07, 6.45) is 4.72. The van der Waals surface area contributed by atoms with Crippen LogP contribution in [0.25, 0.3) is 0 Å². The number of hydrogen-bond donors (Lipinski definition) is 1. The molecule has 1 aromatic carbocycles. The zero-order chi connectivity index (χ0) is 20.3. The van der Waals surface area contributed by atoms with E-state index < -0.39 is 5.82 Å². The number of methoxy groups -OCH3 is 1. The topological polar surface area (TPSA) is 68.3 Å². The van der Waals surface area contributed by atoms with Gasteiger partial charge >= 0.3 is 0 Å². The summed E-state index contributed by atoms with van der Waals surface area (Å²) in [5.41, 5.74) is 1.34. The van der Waals surface area contributed by atoms with Crippen molar-refractivity contribution in [2.45, 2.75) is 44.6 Å². The first-order chi connectivity index (χ1) is 13.3. The molecule has 0 spiro atoms. The van der Waals surface area contributed by atoms with E-state index in [1.54, 1.807) is 12.1 Å². The van der Waals surface area contributed by atoms with Gasteiger partial charge in [0.25, 0.3) is 5.91 Å². The second-order valence-corrected chi connectivity index (χ2v) is 7.80. The lowest BCUT2D eigenvalue weighted by Gasteiger charge is -2.39. The summed E-state index contributed by atoms with van der Waals surface area (Å²) in [5.74, 6) is -0.661. The van der Waals surface area contributed by atoms with Gasteiger partial charge in [0.2, 0.25) is 0 Å². The number of nitrogens with one attached hydrogen (secondary N) is 1. The third kappa shape index (κ3) is 4.68. The largest absolute Gasteiger partial charge is 0.496 e. The standard InChI is InChI=1S/C21H22ClFN2O3/c1-21(5-3-6-21)25-20(27)18-9-13(4-7-24-18)8-15(26)10-14-11-16(22)17(23)12-19(14)28-2/h4,7,9,11-12H,3,5-6,8,10H2,1-2H3,(H,25,27). The van der Waals surface area contributed by atoms with Crippen molar-refractivity contribution in [2.75, 3.05) is 7.11 Å². The number of carbonyl (C=O) groups is 2. The van der Waals surface area contributed by atoms with Gasteiger partial charge in [0.05, 0.1) is 12.1 Å². The van der Waals surface area contributed by atoms with E-state index in [4.69, 9.17) is 16.3 Å². The molecule has 2 aromatic rings. The Hall–Kier alpha value is -2.47. The number of Topliss-reactive ketones (excluding diaryl/α,β-unsaturated/α-hetero) is 1. The Bertz CT molecular complexity index is 913. The van der Waals surface area contributed by atoms with Crippen molar-refractivity contribution in [3.05, 3.63) is 58.1 Å². The van der Waals surface area contributed by atoms with E-state index >= 15 is 0 Å². The lowest BCUT2D eigenvalue weighted by atomic mass is 9.78. The number of nitrogens with zero attached hydrogens (tertiary/aromatic N) is 1. The highest BCUT2D eigenvalue weighted by Gasteiger charge is 2.33. The van der Waals surface area contributed by atoms with Crippen molar-refractivity contribution in [1.82, 2.24) is 10.3 Å². The molecule has 0 bridgehead atoms. The van der Waals surface area contributed by atoms with Crippen molar-refractivity contribution in [2.24, 2.45) is 0 Å². The average molecular weight is 405 g/mol. The Balaban J connectivity index is 1.68. The van der Waals surface area contributed by atoms with Gasteiger partial charge in [-0.3, -0.25) is 14.6 Å². The number of aromatic nitrogens is 1. The first-order valence-electron chi connectivity index (χ1n) is 9.11. The highest BCUT2D eigenvalue weighted by molar-refractivity contribution is 6.30. The third-order valence-corrected chi connectivity index (χ3v) is 5.33. The fourth-order valence-electron chi connectivity index (χ4n) is 3.28. The zero-order valence-electron chi connectivity index (χ0n) is 15.9. The molecule has 1 saturated carbocycles. The van der Waals surface area contributed by atoms with Gasteiger partial charge in [-0.1, -0.05) is 11.6 Å². The van der Waals surface area contributed by atoms with Gasteiger partial charge in [0.15, 0.2) is 0 Å². The quantitative estimate of drug-likeness (QED) is 0.759. The third-order valence-electron chi connectivity index (χ3n) is 5.04. The molecule has 0 atom stereocenters. The number of halogens is 2. The molecule has 1 aliphatic rings. The number of carbonyl (C=O) groups excluding carboxylic acids is 2. The molecule has 1 aromatic heterocycles. The van der Waals surface area contributed by atoms with Crippen LogP contribution in [-0.2, 0) is 17.6 Å². The van der Waals surface area contributed by atoms with Crippen LogP contribution in [0.2, 0.25) is 5.02 Å². The van der Waals surface area contributed by atoms with Crippen molar-refractivity contribution >= 4 is 23.3 Å². The van der Waals surface area contributed by atoms with E-state index in [9.17, 15) is 14.0 Å². The van der Waals surface area contributed by atoms with Crippen LogP contribution >= 0.6 is 11.6 Å². The Morgan fingerprint density at radius 1 is 1.29 bits per heavy atom. The lowest BCUT2D eigenvalue weighted by Crippen LogP contribution is -2.51. The molecule has 0 unspecified atom stereocenters. The minimum absolute atomic E-state index is 0.0467. The molecule has 1 amide bonds. The predicted molar refractivity (Wildman–Crippen MR) is 104 cm³/mol. The molecule has 3 rings (SSSR count). The van der Waals surface area contributed by atoms with Crippen LogP contribution in [0.4, 0.5) is 4.39 Å². The molecule has 148 valence electrons. The van der Waals surface area contributed by atoms with E-state index in [1.807, 2.05) is 6.92 Å². The molecule has 0 radical (unpaired) electrons. The van der Waals surface area contributed by atoms with Crippen LogP contribution in [0, 0.1) is 5.82 Å². The zero-order valence-corrected chi connectivity index (χ0v) is 16.6. The average Bonchev–Trinajstić information content (AvgIpc) is 2.63. The maximum absolute atomic E-state index is 13.6. The van der Waals surface area contributed by atoms with Crippen molar-refractivity contribution in [3.63, 3.8) is 0 Å². The molecular weight excluding hydrogens is 383 g/mol. The highest BCUT2D eigenvalue weighted by atomic mass is 35.5. The smallest absolute Gasteiger partial charge is 0.270 e. The number of benzene rings is 1. The molecule has 7 heteroatoms. The highest BCUT2D eigenvalue weighted by Crippen LogP contribution is 2.31. The summed E-state index contributed by atoms with van der Waals surface area (Å²) in [6.45, 7) is 2.02. The number of rotatable bonds is 7. The van der Waals surface area contributed by atoms with Gasteiger partial charge in [-0.05, 0) is 49.9 Å². The summed E-state index contributed by atoms with van der Waals surface area (Å²) in [6, 6.07) is 5.90. The molecule has 1 fully saturated rings. The Labute approximate surface area is 168 Å². The fourth-order valence-corrected chi connectivity index (χ4v) is 3.47. The number of hydrogen-bond acceptors (Lipinski definition) is 4. The van der Waals surface area contributed by atoms with Gasteiger partial charge in [-0.2, -0.15) is 0 Å². The Morgan fingerprint density at radius 3 is 2.68 bits per heavy atom.